The third kappa shape index (κ3) is 2.86. The van der Waals surface area contributed by atoms with Crippen molar-refractivity contribution in [2.45, 2.75) is 6.42 Å². The van der Waals surface area contributed by atoms with Crippen molar-refractivity contribution in [1.82, 2.24) is 0 Å². The van der Waals surface area contributed by atoms with Crippen LogP contribution >= 0.6 is 11.6 Å². The number of hydrogen-bond donors (Lipinski definition) is 1. The molecule has 94 valence electrons. The topological polar surface area (TPSA) is 26.0 Å². The minimum atomic E-state index is -0.620. The molecular weight excluding hydrogens is 256 g/mol. The van der Waals surface area contributed by atoms with Crippen LogP contribution in [0.3, 0.4) is 0 Å². The van der Waals surface area contributed by atoms with Crippen LogP contribution in [0.25, 0.3) is 11.1 Å². The Morgan fingerprint density at radius 2 is 1.67 bits per heavy atom. The maximum Gasteiger partial charge on any atom is 0.126 e. The molecule has 0 saturated heterocycles. The molecule has 2 aromatic carbocycles. The number of rotatable bonds is 3. The van der Waals surface area contributed by atoms with E-state index in [0.29, 0.717) is 29.1 Å². The normalized spacial score (nSPS) is 10.7. The summed E-state index contributed by atoms with van der Waals surface area (Å²) in [6.07, 6.45) is 0.696. The summed E-state index contributed by atoms with van der Waals surface area (Å²) in [7, 11) is 0. The molecular formula is C14H12ClF2N. The summed E-state index contributed by atoms with van der Waals surface area (Å²) in [5.41, 5.74) is 7.51. The highest BCUT2D eigenvalue weighted by Gasteiger charge is 2.08. The van der Waals surface area contributed by atoms with E-state index in [0.717, 1.165) is 11.6 Å². The fourth-order valence-corrected chi connectivity index (χ4v) is 2.05. The second-order valence-corrected chi connectivity index (χ2v) is 4.42. The predicted octanol–water partition coefficient (Wildman–Crippen LogP) is 3.79. The van der Waals surface area contributed by atoms with Crippen LogP contribution in [-0.2, 0) is 6.42 Å². The van der Waals surface area contributed by atoms with E-state index in [1.54, 1.807) is 6.07 Å². The molecule has 0 aliphatic heterocycles. The van der Waals surface area contributed by atoms with Crippen LogP contribution < -0.4 is 5.73 Å². The molecule has 0 aliphatic rings. The Bertz CT molecular complexity index is 549. The molecule has 2 aromatic rings. The summed E-state index contributed by atoms with van der Waals surface area (Å²) in [6.45, 7) is 0.512. The van der Waals surface area contributed by atoms with Gasteiger partial charge in [0.2, 0.25) is 0 Å². The molecule has 0 unspecified atom stereocenters. The van der Waals surface area contributed by atoms with Gasteiger partial charge >= 0.3 is 0 Å². The lowest BCUT2D eigenvalue weighted by Crippen LogP contribution is -2.02. The van der Waals surface area contributed by atoms with Crippen molar-refractivity contribution in [1.29, 1.82) is 0 Å². The van der Waals surface area contributed by atoms with Crippen LogP contribution in [0, 0.1) is 11.6 Å². The summed E-state index contributed by atoms with van der Waals surface area (Å²) in [4.78, 5) is 0. The van der Waals surface area contributed by atoms with Crippen molar-refractivity contribution < 1.29 is 8.78 Å². The van der Waals surface area contributed by atoms with Gasteiger partial charge in [0, 0.05) is 16.7 Å². The minimum absolute atomic E-state index is 0.427. The maximum absolute atomic E-state index is 13.2. The van der Waals surface area contributed by atoms with Gasteiger partial charge in [0.1, 0.15) is 11.6 Å². The number of benzene rings is 2. The fraction of sp³-hybridized carbons (Fsp3) is 0.143. The molecule has 0 fully saturated rings. The van der Waals surface area contributed by atoms with E-state index >= 15 is 0 Å². The third-order valence-electron chi connectivity index (χ3n) is 2.64. The van der Waals surface area contributed by atoms with Crippen molar-refractivity contribution >= 4 is 11.6 Å². The first kappa shape index (κ1) is 13.0. The molecule has 0 amide bonds. The van der Waals surface area contributed by atoms with E-state index in [2.05, 4.69) is 0 Å². The Labute approximate surface area is 109 Å². The molecule has 0 radical (unpaired) electrons. The highest BCUT2D eigenvalue weighted by Crippen LogP contribution is 2.30. The zero-order chi connectivity index (χ0) is 13.1. The van der Waals surface area contributed by atoms with E-state index in [4.69, 9.17) is 17.3 Å². The molecule has 0 heterocycles. The number of nitrogens with two attached hydrogens (primary N) is 1. The maximum atomic E-state index is 13.2. The third-order valence-corrected chi connectivity index (χ3v) is 2.97. The van der Waals surface area contributed by atoms with E-state index in [-0.39, 0.29) is 0 Å². The van der Waals surface area contributed by atoms with Gasteiger partial charge in [0.25, 0.3) is 0 Å². The molecule has 2 N–H and O–H groups in total. The first-order valence-electron chi connectivity index (χ1n) is 5.55. The van der Waals surface area contributed by atoms with Gasteiger partial charge < -0.3 is 5.73 Å². The van der Waals surface area contributed by atoms with Gasteiger partial charge in [-0.15, -0.1) is 0 Å². The van der Waals surface area contributed by atoms with Gasteiger partial charge in [-0.1, -0.05) is 17.7 Å². The van der Waals surface area contributed by atoms with Gasteiger partial charge in [-0.05, 0) is 48.4 Å². The summed E-state index contributed by atoms with van der Waals surface area (Å²) in [6, 6.07) is 8.73. The lowest BCUT2D eigenvalue weighted by Gasteiger charge is -2.08. The molecule has 18 heavy (non-hydrogen) atoms. The predicted molar refractivity (Wildman–Crippen MR) is 69.6 cm³/mol. The summed E-state index contributed by atoms with van der Waals surface area (Å²) >= 11 is 6.06. The van der Waals surface area contributed by atoms with E-state index < -0.39 is 11.6 Å². The lowest BCUT2D eigenvalue weighted by atomic mass is 10.0. The fourth-order valence-electron chi connectivity index (χ4n) is 1.83. The van der Waals surface area contributed by atoms with Crippen molar-refractivity contribution in [3.63, 3.8) is 0 Å². The molecule has 0 atom stereocenters. The molecule has 0 bridgehead atoms. The van der Waals surface area contributed by atoms with Crippen molar-refractivity contribution in [2.75, 3.05) is 6.54 Å². The molecule has 0 saturated carbocycles. The molecule has 2 rings (SSSR count). The Balaban J connectivity index is 2.51. The summed E-state index contributed by atoms with van der Waals surface area (Å²) in [5.74, 6) is -1.24. The quantitative estimate of drug-likeness (QED) is 0.900. The standard InChI is InChI=1S/C14H12ClF2N/c15-14-2-1-9(3-4-18)5-13(14)10-6-11(16)8-12(17)7-10/h1-2,5-8H,3-4,18H2. The minimum Gasteiger partial charge on any atom is -0.330 e. The van der Waals surface area contributed by atoms with Crippen molar-refractivity contribution in [2.24, 2.45) is 5.73 Å². The van der Waals surface area contributed by atoms with Crippen LogP contribution in [0.4, 0.5) is 8.78 Å². The van der Waals surface area contributed by atoms with Crippen LogP contribution in [0.5, 0.6) is 0 Å². The van der Waals surface area contributed by atoms with E-state index in [1.165, 1.54) is 12.1 Å². The largest absolute Gasteiger partial charge is 0.330 e. The van der Waals surface area contributed by atoms with Gasteiger partial charge in [-0.25, -0.2) is 8.78 Å². The summed E-state index contributed by atoms with van der Waals surface area (Å²) in [5, 5.41) is 0.459. The second kappa shape index (κ2) is 5.46. The van der Waals surface area contributed by atoms with Crippen molar-refractivity contribution in [3.8, 4) is 11.1 Å². The van der Waals surface area contributed by atoms with Crippen LogP contribution in [0.2, 0.25) is 5.02 Å². The van der Waals surface area contributed by atoms with Gasteiger partial charge in [0.15, 0.2) is 0 Å². The molecule has 1 nitrogen and oxygen atoms in total. The van der Waals surface area contributed by atoms with Crippen LogP contribution in [0.15, 0.2) is 36.4 Å². The SMILES string of the molecule is NCCc1ccc(Cl)c(-c2cc(F)cc(F)c2)c1. The molecule has 0 spiro atoms. The molecule has 0 aromatic heterocycles. The zero-order valence-electron chi connectivity index (χ0n) is 9.59. The Morgan fingerprint density at radius 3 is 2.28 bits per heavy atom. The Hall–Kier alpha value is -1.45. The first-order chi connectivity index (χ1) is 8.60. The molecule has 4 heteroatoms. The number of halogens is 3. The monoisotopic (exact) mass is 267 g/mol. The Morgan fingerprint density at radius 1 is 1.00 bits per heavy atom. The average Bonchev–Trinajstić information content (AvgIpc) is 2.30. The highest BCUT2D eigenvalue weighted by molar-refractivity contribution is 6.33. The van der Waals surface area contributed by atoms with Crippen LogP contribution in [-0.4, -0.2) is 6.54 Å². The van der Waals surface area contributed by atoms with Gasteiger partial charge in [-0.3, -0.25) is 0 Å². The van der Waals surface area contributed by atoms with Gasteiger partial charge in [0.05, 0.1) is 0 Å². The highest BCUT2D eigenvalue weighted by atomic mass is 35.5. The average molecular weight is 268 g/mol. The smallest absolute Gasteiger partial charge is 0.126 e. The lowest BCUT2D eigenvalue weighted by molar-refractivity contribution is 0.584. The van der Waals surface area contributed by atoms with E-state index in [1.807, 2.05) is 12.1 Å². The first-order valence-corrected chi connectivity index (χ1v) is 5.93. The van der Waals surface area contributed by atoms with Crippen molar-refractivity contribution in [3.05, 3.63) is 58.6 Å². The van der Waals surface area contributed by atoms with Crippen LogP contribution in [0.1, 0.15) is 5.56 Å². The Kier molecular flexibility index (Phi) is 3.94. The van der Waals surface area contributed by atoms with E-state index in [9.17, 15) is 8.78 Å². The second-order valence-electron chi connectivity index (χ2n) is 4.01. The van der Waals surface area contributed by atoms with Gasteiger partial charge in [-0.2, -0.15) is 0 Å². The zero-order valence-corrected chi connectivity index (χ0v) is 10.3. The molecule has 0 aliphatic carbocycles. The summed E-state index contributed by atoms with van der Waals surface area (Å²) < 4.78 is 26.4. The number of hydrogen-bond acceptors (Lipinski definition) is 1.